The molecule has 84 valence electrons. The van der Waals surface area contributed by atoms with Crippen molar-refractivity contribution in [1.29, 1.82) is 0 Å². The second kappa shape index (κ2) is 4.68. The molecule has 1 N–H and O–H groups in total. The van der Waals surface area contributed by atoms with E-state index in [1.165, 1.54) is 0 Å². The Labute approximate surface area is 99.5 Å². The SMILES string of the molecule is CNCc1coc(-c2cccc(Cl)c2C)n1. The van der Waals surface area contributed by atoms with Crippen molar-refractivity contribution in [3.63, 3.8) is 0 Å². The maximum absolute atomic E-state index is 6.05. The highest BCUT2D eigenvalue weighted by molar-refractivity contribution is 6.31. The molecule has 0 unspecified atom stereocenters. The first-order valence-electron chi connectivity index (χ1n) is 5.07. The predicted molar refractivity (Wildman–Crippen MR) is 64.4 cm³/mol. The van der Waals surface area contributed by atoms with Crippen LogP contribution in [0.4, 0.5) is 0 Å². The summed E-state index contributed by atoms with van der Waals surface area (Å²) in [5, 5.41) is 3.75. The van der Waals surface area contributed by atoms with Crippen LogP contribution in [0.15, 0.2) is 28.9 Å². The fraction of sp³-hybridized carbons (Fsp3) is 0.250. The Morgan fingerprint density at radius 1 is 1.44 bits per heavy atom. The van der Waals surface area contributed by atoms with Crippen molar-refractivity contribution in [3.05, 3.63) is 40.7 Å². The lowest BCUT2D eigenvalue weighted by Gasteiger charge is -2.02. The highest BCUT2D eigenvalue weighted by Gasteiger charge is 2.10. The van der Waals surface area contributed by atoms with Crippen LogP contribution in [0.25, 0.3) is 11.5 Å². The summed E-state index contributed by atoms with van der Waals surface area (Å²) >= 11 is 6.05. The van der Waals surface area contributed by atoms with Crippen LogP contribution in [0.5, 0.6) is 0 Å². The van der Waals surface area contributed by atoms with Crippen LogP contribution in [0.2, 0.25) is 5.02 Å². The minimum Gasteiger partial charge on any atom is -0.444 e. The van der Waals surface area contributed by atoms with Crippen molar-refractivity contribution in [1.82, 2.24) is 10.3 Å². The average molecular weight is 237 g/mol. The van der Waals surface area contributed by atoms with Gasteiger partial charge in [-0.3, -0.25) is 0 Å². The van der Waals surface area contributed by atoms with E-state index in [4.69, 9.17) is 16.0 Å². The van der Waals surface area contributed by atoms with Crippen molar-refractivity contribution in [3.8, 4) is 11.5 Å². The third-order valence-electron chi connectivity index (χ3n) is 2.41. The Morgan fingerprint density at radius 2 is 2.25 bits per heavy atom. The minimum absolute atomic E-state index is 0.616. The lowest BCUT2D eigenvalue weighted by Crippen LogP contribution is -2.04. The first-order valence-corrected chi connectivity index (χ1v) is 5.44. The molecule has 0 saturated heterocycles. The monoisotopic (exact) mass is 236 g/mol. The summed E-state index contributed by atoms with van der Waals surface area (Å²) in [6, 6.07) is 5.71. The van der Waals surface area contributed by atoms with E-state index in [9.17, 15) is 0 Å². The Kier molecular flexibility index (Phi) is 3.27. The van der Waals surface area contributed by atoms with E-state index in [-0.39, 0.29) is 0 Å². The third kappa shape index (κ3) is 2.10. The smallest absolute Gasteiger partial charge is 0.226 e. The summed E-state index contributed by atoms with van der Waals surface area (Å²) in [6.45, 7) is 2.66. The maximum atomic E-state index is 6.05. The van der Waals surface area contributed by atoms with Gasteiger partial charge >= 0.3 is 0 Å². The molecule has 1 aromatic heterocycles. The number of halogens is 1. The lowest BCUT2D eigenvalue weighted by molar-refractivity contribution is 0.571. The van der Waals surface area contributed by atoms with Crippen LogP contribution >= 0.6 is 11.6 Å². The molecule has 0 spiro atoms. The Balaban J connectivity index is 2.39. The van der Waals surface area contributed by atoms with Gasteiger partial charge in [0.15, 0.2) is 0 Å². The zero-order chi connectivity index (χ0) is 11.5. The third-order valence-corrected chi connectivity index (χ3v) is 2.82. The van der Waals surface area contributed by atoms with Gasteiger partial charge in [0.25, 0.3) is 0 Å². The summed E-state index contributed by atoms with van der Waals surface area (Å²) in [4.78, 5) is 4.38. The number of hydrogen-bond donors (Lipinski definition) is 1. The molecule has 1 aromatic carbocycles. The van der Waals surface area contributed by atoms with Crippen molar-refractivity contribution in [2.75, 3.05) is 7.05 Å². The number of aromatic nitrogens is 1. The van der Waals surface area contributed by atoms with Gasteiger partial charge in [0.1, 0.15) is 6.26 Å². The molecule has 0 aliphatic heterocycles. The van der Waals surface area contributed by atoms with Gasteiger partial charge in [0.05, 0.1) is 5.69 Å². The first-order chi connectivity index (χ1) is 7.72. The molecule has 0 radical (unpaired) electrons. The van der Waals surface area contributed by atoms with E-state index in [1.54, 1.807) is 6.26 Å². The second-order valence-corrected chi connectivity index (χ2v) is 3.99. The standard InChI is InChI=1S/C12H13ClN2O/c1-8-10(4-3-5-11(8)13)12-15-9(6-14-2)7-16-12/h3-5,7,14H,6H2,1-2H3. The van der Waals surface area contributed by atoms with E-state index in [0.717, 1.165) is 21.8 Å². The van der Waals surface area contributed by atoms with Gasteiger partial charge < -0.3 is 9.73 Å². The predicted octanol–water partition coefficient (Wildman–Crippen LogP) is 3.02. The molecule has 0 saturated carbocycles. The van der Waals surface area contributed by atoms with Crippen LogP contribution in [0.3, 0.4) is 0 Å². The minimum atomic E-state index is 0.616. The molecule has 2 aromatic rings. The molecule has 0 fully saturated rings. The highest BCUT2D eigenvalue weighted by atomic mass is 35.5. The fourth-order valence-electron chi connectivity index (χ4n) is 1.53. The molecule has 0 atom stereocenters. The summed E-state index contributed by atoms with van der Waals surface area (Å²) in [7, 11) is 1.87. The zero-order valence-corrected chi connectivity index (χ0v) is 10.0. The number of nitrogens with one attached hydrogen (secondary N) is 1. The summed E-state index contributed by atoms with van der Waals surface area (Å²) in [5.74, 6) is 0.616. The van der Waals surface area contributed by atoms with Crippen LogP contribution in [-0.4, -0.2) is 12.0 Å². The molecule has 0 aliphatic carbocycles. The van der Waals surface area contributed by atoms with E-state index in [2.05, 4.69) is 10.3 Å². The summed E-state index contributed by atoms with van der Waals surface area (Å²) in [6.07, 6.45) is 1.66. The Bertz CT molecular complexity index is 494. The van der Waals surface area contributed by atoms with Crippen LogP contribution in [0.1, 0.15) is 11.3 Å². The molecule has 3 nitrogen and oxygen atoms in total. The van der Waals surface area contributed by atoms with Gasteiger partial charge in [0.2, 0.25) is 5.89 Å². The number of rotatable bonds is 3. The highest BCUT2D eigenvalue weighted by Crippen LogP contribution is 2.27. The van der Waals surface area contributed by atoms with E-state index < -0.39 is 0 Å². The summed E-state index contributed by atoms with van der Waals surface area (Å²) < 4.78 is 5.43. The van der Waals surface area contributed by atoms with Crippen molar-refractivity contribution >= 4 is 11.6 Å². The van der Waals surface area contributed by atoms with Crippen LogP contribution < -0.4 is 5.32 Å². The Morgan fingerprint density at radius 3 is 3.00 bits per heavy atom. The van der Waals surface area contributed by atoms with Gasteiger partial charge in [-0.15, -0.1) is 0 Å². The summed E-state index contributed by atoms with van der Waals surface area (Å²) in [5.41, 5.74) is 2.81. The second-order valence-electron chi connectivity index (χ2n) is 3.59. The number of oxazole rings is 1. The number of nitrogens with zero attached hydrogens (tertiary/aromatic N) is 1. The quantitative estimate of drug-likeness (QED) is 0.890. The molecule has 0 aliphatic rings. The van der Waals surface area contributed by atoms with Gasteiger partial charge in [-0.05, 0) is 31.7 Å². The molecule has 0 amide bonds. The topological polar surface area (TPSA) is 38.1 Å². The van der Waals surface area contributed by atoms with Crippen molar-refractivity contribution < 1.29 is 4.42 Å². The lowest BCUT2D eigenvalue weighted by atomic mass is 10.1. The van der Waals surface area contributed by atoms with Gasteiger partial charge in [-0.25, -0.2) is 4.98 Å². The largest absolute Gasteiger partial charge is 0.444 e. The number of hydrogen-bond acceptors (Lipinski definition) is 3. The molecular formula is C12H13ClN2O. The molecule has 1 heterocycles. The van der Waals surface area contributed by atoms with Crippen LogP contribution in [-0.2, 0) is 6.54 Å². The van der Waals surface area contributed by atoms with E-state index in [0.29, 0.717) is 12.4 Å². The molecular weight excluding hydrogens is 224 g/mol. The Hall–Kier alpha value is -1.32. The maximum Gasteiger partial charge on any atom is 0.226 e. The van der Waals surface area contributed by atoms with Crippen molar-refractivity contribution in [2.24, 2.45) is 0 Å². The molecule has 4 heteroatoms. The molecule has 2 rings (SSSR count). The van der Waals surface area contributed by atoms with Crippen molar-refractivity contribution in [2.45, 2.75) is 13.5 Å². The average Bonchev–Trinajstić information content (AvgIpc) is 2.71. The van der Waals surface area contributed by atoms with E-state index in [1.807, 2.05) is 32.2 Å². The first kappa shape index (κ1) is 11.2. The van der Waals surface area contributed by atoms with Gasteiger partial charge in [0, 0.05) is 17.1 Å². The van der Waals surface area contributed by atoms with E-state index >= 15 is 0 Å². The van der Waals surface area contributed by atoms with Gasteiger partial charge in [-0.2, -0.15) is 0 Å². The fourth-order valence-corrected chi connectivity index (χ4v) is 1.71. The van der Waals surface area contributed by atoms with Crippen LogP contribution in [0, 0.1) is 6.92 Å². The normalized spacial score (nSPS) is 10.7. The molecule has 16 heavy (non-hydrogen) atoms. The zero-order valence-electron chi connectivity index (χ0n) is 9.25. The molecule has 0 bridgehead atoms. The number of benzene rings is 1. The van der Waals surface area contributed by atoms with Gasteiger partial charge in [-0.1, -0.05) is 17.7 Å².